The number of aryl methyl sites for hydroxylation is 1. The molecule has 0 saturated heterocycles. The average Bonchev–Trinajstić information content (AvgIpc) is 2.31. The van der Waals surface area contributed by atoms with Crippen LogP contribution in [0.15, 0.2) is 6.07 Å². The van der Waals surface area contributed by atoms with Gasteiger partial charge in [0.05, 0.1) is 0 Å². The molecule has 60 valence electrons. The molecule has 2 heteroatoms. The Kier molecular flexibility index (Phi) is 2.45. The van der Waals surface area contributed by atoms with Crippen molar-refractivity contribution in [2.24, 2.45) is 0 Å². The van der Waals surface area contributed by atoms with Crippen LogP contribution in [0.3, 0.4) is 0 Å². The third kappa shape index (κ3) is 1.69. The molecule has 0 N–H and O–H groups in total. The second kappa shape index (κ2) is 3.18. The number of carbonyl (C=O) groups is 1. The molecule has 0 aliphatic heterocycles. The SMILES string of the molecule is Cc1sc(C(C)C)cc1C=O. The Labute approximate surface area is 71.1 Å². The van der Waals surface area contributed by atoms with Crippen molar-refractivity contribution in [2.75, 3.05) is 0 Å². The molecule has 0 bridgehead atoms. The van der Waals surface area contributed by atoms with E-state index in [2.05, 4.69) is 13.8 Å². The molecular formula is C9H12OS. The summed E-state index contributed by atoms with van der Waals surface area (Å²) in [6.07, 6.45) is 0.928. The Morgan fingerprint density at radius 1 is 1.55 bits per heavy atom. The Hall–Kier alpha value is -0.630. The summed E-state index contributed by atoms with van der Waals surface area (Å²) in [6.45, 7) is 6.26. The molecule has 0 radical (unpaired) electrons. The summed E-state index contributed by atoms with van der Waals surface area (Å²) in [5, 5.41) is 0. The summed E-state index contributed by atoms with van der Waals surface area (Å²) in [5.74, 6) is 0.535. The molecule has 0 spiro atoms. The molecular weight excluding hydrogens is 156 g/mol. The topological polar surface area (TPSA) is 17.1 Å². The van der Waals surface area contributed by atoms with Gasteiger partial charge in [0.2, 0.25) is 0 Å². The summed E-state index contributed by atoms with van der Waals surface area (Å²) in [4.78, 5) is 12.9. The van der Waals surface area contributed by atoms with Crippen molar-refractivity contribution < 1.29 is 4.79 Å². The van der Waals surface area contributed by atoms with Crippen LogP contribution in [-0.2, 0) is 0 Å². The molecule has 0 saturated carbocycles. The highest BCUT2D eigenvalue weighted by Gasteiger charge is 2.06. The number of thiophene rings is 1. The number of hydrogen-bond donors (Lipinski definition) is 0. The van der Waals surface area contributed by atoms with E-state index in [4.69, 9.17) is 0 Å². The van der Waals surface area contributed by atoms with Gasteiger partial charge < -0.3 is 0 Å². The Morgan fingerprint density at radius 3 is 2.45 bits per heavy atom. The van der Waals surface area contributed by atoms with Gasteiger partial charge in [0.1, 0.15) is 0 Å². The maximum atomic E-state index is 10.5. The van der Waals surface area contributed by atoms with Gasteiger partial charge in [-0.15, -0.1) is 11.3 Å². The van der Waals surface area contributed by atoms with Crippen LogP contribution in [0.4, 0.5) is 0 Å². The van der Waals surface area contributed by atoms with Crippen molar-refractivity contribution in [3.63, 3.8) is 0 Å². The third-order valence-electron chi connectivity index (χ3n) is 1.67. The lowest BCUT2D eigenvalue weighted by molar-refractivity contribution is 0.112. The summed E-state index contributed by atoms with van der Waals surface area (Å²) >= 11 is 1.72. The Balaban J connectivity index is 3.04. The second-order valence-electron chi connectivity index (χ2n) is 2.93. The van der Waals surface area contributed by atoms with Crippen molar-refractivity contribution >= 4 is 17.6 Å². The van der Waals surface area contributed by atoms with E-state index in [0.717, 1.165) is 16.7 Å². The minimum Gasteiger partial charge on any atom is -0.298 e. The average molecular weight is 168 g/mol. The molecule has 1 heterocycles. The highest BCUT2D eigenvalue weighted by molar-refractivity contribution is 7.12. The minimum absolute atomic E-state index is 0.535. The van der Waals surface area contributed by atoms with E-state index < -0.39 is 0 Å². The zero-order valence-corrected chi connectivity index (χ0v) is 7.87. The lowest BCUT2D eigenvalue weighted by Gasteiger charge is -1.96. The molecule has 0 aromatic carbocycles. The number of hydrogen-bond acceptors (Lipinski definition) is 2. The van der Waals surface area contributed by atoms with Crippen LogP contribution in [0, 0.1) is 6.92 Å². The van der Waals surface area contributed by atoms with Gasteiger partial charge in [-0.1, -0.05) is 13.8 Å². The summed E-state index contributed by atoms with van der Waals surface area (Å²) < 4.78 is 0. The standard InChI is InChI=1S/C9H12OS/c1-6(2)9-4-8(5-10)7(3)11-9/h4-6H,1-3H3. The van der Waals surface area contributed by atoms with Crippen LogP contribution in [0.25, 0.3) is 0 Å². The van der Waals surface area contributed by atoms with E-state index in [1.807, 2.05) is 13.0 Å². The van der Waals surface area contributed by atoms with Gasteiger partial charge in [0, 0.05) is 15.3 Å². The van der Waals surface area contributed by atoms with Gasteiger partial charge in [-0.05, 0) is 18.9 Å². The van der Waals surface area contributed by atoms with Crippen LogP contribution < -0.4 is 0 Å². The number of rotatable bonds is 2. The van der Waals surface area contributed by atoms with Crippen molar-refractivity contribution in [3.05, 3.63) is 21.4 Å². The zero-order valence-electron chi connectivity index (χ0n) is 7.05. The fraction of sp³-hybridized carbons (Fsp3) is 0.444. The summed E-state index contributed by atoms with van der Waals surface area (Å²) in [5.41, 5.74) is 0.846. The maximum Gasteiger partial charge on any atom is 0.151 e. The van der Waals surface area contributed by atoms with E-state index in [1.165, 1.54) is 4.88 Å². The van der Waals surface area contributed by atoms with Crippen molar-refractivity contribution in [1.29, 1.82) is 0 Å². The normalized spacial score (nSPS) is 10.5. The van der Waals surface area contributed by atoms with Crippen LogP contribution in [0.5, 0.6) is 0 Å². The third-order valence-corrected chi connectivity index (χ3v) is 3.04. The van der Waals surface area contributed by atoms with Crippen LogP contribution in [0.1, 0.15) is 39.9 Å². The first kappa shape index (κ1) is 8.47. The van der Waals surface area contributed by atoms with E-state index in [9.17, 15) is 4.79 Å². The van der Waals surface area contributed by atoms with Crippen LogP contribution >= 0.6 is 11.3 Å². The maximum absolute atomic E-state index is 10.5. The molecule has 0 atom stereocenters. The van der Waals surface area contributed by atoms with Gasteiger partial charge in [0.15, 0.2) is 6.29 Å². The number of carbonyl (C=O) groups excluding carboxylic acids is 1. The van der Waals surface area contributed by atoms with Gasteiger partial charge >= 0.3 is 0 Å². The molecule has 0 fully saturated rings. The molecule has 0 aliphatic carbocycles. The first-order valence-electron chi connectivity index (χ1n) is 3.70. The quantitative estimate of drug-likeness (QED) is 0.620. The molecule has 1 aromatic rings. The first-order valence-corrected chi connectivity index (χ1v) is 4.52. The van der Waals surface area contributed by atoms with Crippen molar-refractivity contribution in [1.82, 2.24) is 0 Å². The fourth-order valence-corrected chi connectivity index (χ4v) is 1.92. The van der Waals surface area contributed by atoms with Crippen molar-refractivity contribution in [2.45, 2.75) is 26.7 Å². The predicted octanol–water partition coefficient (Wildman–Crippen LogP) is 2.99. The minimum atomic E-state index is 0.535. The number of aldehydes is 1. The molecule has 0 aliphatic rings. The molecule has 0 unspecified atom stereocenters. The van der Waals surface area contributed by atoms with E-state index in [-0.39, 0.29) is 0 Å². The lowest BCUT2D eigenvalue weighted by Crippen LogP contribution is -1.79. The van der Waals surface area contributed by atoms with Gasteiger partial charge in [-0.2, -0.15) is 0 Å². The van der Waals surface area contributed by atoms with E-state index in [1.54, 1.807) is 11.3 Å². The molecule has 0 amide bonds. The second-order valence-corrected chi connectivity index (χ2v) is 4.22. The summed E-state index contributed by atoms with van der Waals surface area (Å²) in [7, 11) is 0. The Bertz CT molecular complexity index is 261. The Morgan fingerprint density at radius 2 is 2.18 bits per heavy atom. The zero-order chi connectivity index (χ0) is 8.43. The molecule has 1 aromatic heterocycles. The largest absolute Gasteiger partial charge is 0.298 e. The first-order chi connectivity index (χ1) is 5.15. The van der Waals surface area contributed by atoms with E-state index >= 15 is 0 Å². The van der Waals surface area contributed by atoms with Gasteiger partial charge in [0.25, 0.3) is 0 Å². The summed E-state index contributed by atoms with van der Waals surface area (Å²) in [6, 6.07) is 1.98. The predicted molar refractivity (Wildman–Crippen MR) is 48.5 cm³/mol. The van der Waals surface area contributed by atoms with Crippen LogP contribution in [0.2, 0.25) is 0 Å². The monoisotopic (exact) mass is 168 g/mol. The molecule has 1 nitrogen and oxygen atoms in total. The fourth-order valence-electron chi connectivity index (χ4n) is 0.922. The molecule has 1 rings (SSSR count). The molecule has 11 heavy (non-hydrogen) atoms. The lowest BCUT2D eigenvalue weighted by atomic mass is 10.1. The van der Waals surface area contributed by atoms with Crippen LogP contribution in [-0.4, -0.2) is 6.29 Å². The van der Waals surface area contributed by atoms with Gasteiger partial charge in [-0.3, -0.25) is 4.79 Å². The highest BCUT2D eigenvalue weighted by atomic mass is 32.1. The van der Waals surface area contributed by atoms with Gasteiger partial charge in [-0.25, -0.2) is 0 Å². The smallest absolute Gasteiger partial charge is 0.151 e. The highest BCUT2D eigenvalue weighted by Crippen LogP contribution is 2.26. The van der Waals surface area contributed by atoms with Crippen molar-refractivity contribution in [3.8, 4) is 0 Å². The van der Waals surface area contributed by atoms with E-state index in [0.29, 0.717) is 5.92 Å².